The molecule has 0 amide bonds. The first-order valence-electron chi connectivity index (χ1n) is 10.6. The van der Waals surface area contributed by atoms with Crippen LogP contribution >= 0.6 is 0 Å². The van der Waals surface area contributed by atoms with Crippen molar-refractivity contribution < 1.29 is 0 Å². The van der Waals surface area contributed by atoms with Gasteiger partial charge in [0.15, 0.2) is 0 Å². The van der Waals surface area contributed by atoms with Gasteiger partial charge < -0.3 is 0 Å². The van der Waals surface area contributed by atoms with Crippen LogP contribution in [0.5, 0.6) is 0 Å². The zero-order valence-electron chi connectivity index (χ0n) is 15.7. The quantitative estimate of drug-likeness (QED) is 0.491. The summed E-state index contributed by atoms with van der Waals surface area (Å²) in [5.41, 5.74) is 0.622. The summed E-state index contributed by atoms with van der Waals surface area (Å²) < 4.78 is 0. The molecule has 3 aliphatic carbocycles. The average molecular weight is 305 g/mol. The van der Waals surface area contributed by atoms with Crippen LogP contribution in [0.4, 0.5) is 0 Å². The van der Waals surface area contributed by atoms with E-state index in [0.717, 1.165) is 35.5 Å². The number of fused-ring (bicyclic) bond motifs is 2. The van der Waals surface area contributed by atoms with Crippen molar-refractivity contribution in [3.63, 3.8) is 0 Å². The summed E-state index contributed by atoms with van der Waals surface area (Å²) in [6.07, 6.45) is 16.6. The fourth-order valence-corrected chi connectivity index (χ4v) is 7.49. The van der Waals surface area contributed by atoms with Gasteiger partial charge in [-0.25, -0.2) is 0 Å². The van der Waals surface area contributed by atoms with Crippen LogP contribution in [0.25, 0.3) is 0 Å². The van der Waals surface area contributed by atoms with Gasteiger partial charge in [0.1, 0.15) is 0 Å². The Bertz CT molecular complexity index is 323. The minimum Gasteiger partial charge on any atom is -0.0654 e. The summed E-state index contributed by atoms with van der Waals surface area (Å²) in [4.78, 5) is 0. The predicted molar refractivity (Wildman–Crippen MR) is 96.9 cm³/mol. The number of rotatable bonds is 6. The molecule has 6 atom stereocenters. The maximum Gasteiger partial charge on any atom is -0.0287 e. The largest absolute Gasteiger partial charge is 0.0654 e. The molecule has 0 nitrogen and oxygen atoms in total. The second-order valence-corrected chi connectivity index (χ2v) is 9.59. The summed E-state index contributed by atoms with van der Waals surface area (Å²) in [5, 5.41) is 0. The van der Waals surface area contributed by atoms with E-state index in [1.165, 1.54) is 38.5 Å². The van der Waals surface area contributed by atoms with E-state index in [2.05, 4.69) is 27.7 Å². The number of unbranched alkanes of at least 4 members (excludes halogenated alkanes) is 2. The van der Waals surface area contributed by atoms with E-state index >= 15 is 0 Å². The number of hydrogen-bond donors (Lipinski definition) is 0. The van der Waals surface area contributed by atoms with Crippen LogP contribution in [0, 0.1) is 40.9 Å². The van der Waals surface area contributed by atoms with Crippen LogP contribution in [-0.2, 0) is 0 Å². The lowest BCUT2D eigenvalue weighted by atomic mass is 9.52. The molecular weight excluding hydrogens is 264 g/mol. The summed E-state index contributed by atoms with van der Waals surface area (Å²) in [7, 11) is 0. The van der Waals surface area contributed by atoms with Crippen molar-refractivity contribution in [1.29, 1.82) is 0 Å². The minimum atomic E-state index is 0.622. The molecular formula is C22H40. The third kappa shape index (κ3) is 2.89. The van der Waals surface area contributed by atoms with Crippen LogP contribution in [0.2, 0.25) is 0 Å². The molecule has 0 N–H and O–H groups in total. The molecule has 0 bridgehead atoms. The molecule has 3 rings (SSSR count). The Morgan fingerprint density at radius 3 is 1.59 bits per heavy atom. The second kappa shape index (κ2) is 6.86. The first-order chi connectivity index (χ1) is 10.6. The molecule has 128 valence electrons. The Morgan fingerprint density at radius 2 is 1.18 bits per heavy atom. The van der Waals surface area contributed by atoms with Gasteiger partial charge in [0.25, 0.3) is 0 Å². The van der Waals surface area contributed by atoms with Crippen molar-refractivity contribution in [1.82, 2.24) is 0 Å². The van der Waals surface area contributed by atoms with Crippen molar-refractivity contribution >= 4 is 0 Å². The van der Waals surface area contributed by atoms with Gasteiger partial charge in [-0.1, -0.05) is 66.2 Å². The van der Waals surface area contributed by atoms with Gasteiger partial charge in [-0.05, 0) is 73.0 Å². The first kappa shape index (κ1) is 16.8. The van der Waals surface area contributed by atoms with Gasteiger partial charge in [0.05, 0.1) is 0 Å². The molecule has 0 aromatic carbocycles. The highest BCUT2D eigenvalue weighted by Gasteiger charge is 2.57. The van der Waals surface area contributed by atoms with Crippen LogP contribution in [0.15, 0.2) is 0 Å². The van der Waals surface area contributed by atoms with Crippen molar-refractivity contribution in [2.24, 2.45) is 40.9 Å². The monoisotopic (exact) mass is 304 g/mol. The van der Waals surface area contributed by atoms with E-state index in [4.69, 9.17) is 0 Å². The van der Waals surface area contributed by atoms with E-state index in [-0.39, 0.29) is 0 Å². The lowest BCUT2D eigenvalue weighted by molar-refractivity contribution is -0.0432. The van der Waals surface area contributed by atoms with Gasteiger partial charge >= 0.3 is 0 Å². The van der Waals surface area contributed by atoms with Crippen LogP contribution < -0.4 is 0 Å². The van der Waals surface area contributed by atoms with Crippen LogP contribution in [0.1, 0.15) is 98.3 Å². The standard InChI is InChI=1S/C22H40/c1-5-7-9-16-11-13-18-15-19-14-12-17(10-8-6-2)21(19)22(3,4)20(16)18/h16-21H,5-15H2,1-4H3/t16?,17?,18-,19?,20?,21?/m1/s1. The first-order valence-corrected chi connectivity index (χ1v) is 10.6. The molecule has 0 heteroatoms. The molecule has 3 aliphatic rings. The molecule has 5 unspecified atom stereocenters. The number of hydrogen-bond acceptors (Lipinski definition) is 0. The smallest absolute Gasteiger partial charge is 0.0287 e. The van der Waals surface area contributed by atoms with E-state index in [9.17, 15) is 0 Å². The molecule has 3 saturated carbocycles. The van der Waals surface area contributed by atoms with Gasteiger partial charge in [-0.2, -0.15) is 0 Å². The summed E-state index contributed by atoms with van der Waals surface area (Å²) in [6, 6.07) is 0. The molecule has 0 spiro atoms. The molecule has 0 radical (unpaired) electrons. The van der Waals surface area contributed by atoms with E-state index in [1.54, 1.807) is 32.1 Å². The lowest BCUT2D eigenvalue weighted by Crippen LogP contribution is -2.46. The van der Waals surface area contributed by atoms with Crippen molar-refractivity contribution in [3.8, 4) is 0 Å². The minimum absolute atomic E-state index is 0.622. The Labute approximate surface area is 139 Å². The SMILES string of the molecule is CCCCC1CCC2C[C@H]3CCC(CCCC)C3C(C)(C)C12. The highest BCUT2D eigenvalue weighted by molar-refractivity contribution is 5.06. The topological polar surface area (TPSA) is 0 Å². The fourth-order valence-electron chi connectivity index (χ4n) is 7.49. The molecule has 3 fully saturated rings. The fraction of sp³-hybridized carbons (Fsp3) is 1.00. The zero-order valence-corrected chi connectivity index (χ0v) is 15.7. The van der Waals surface area contributed by atoms with Crippen molar-refractivity contribution in [3.05, 3.63) is 0 Å². The normalized spacial score (nSPS) is 43.1. The molecule has 0 aliphatic heterocycles. The molecule has 0 heterocycles. The average Bonchev–Trinajstić information content (AvgIpc) is 3.08. The Morgan fingerprint density at radius 1 is 0.727 bits per heavy atom. The highest BCUT2D eigenvalue weighted by atomic mass is 14.6. The van der Waals surface area contributed by atoms with Gasteiger partial charge in [-0.3, -0.25) is 0 Å². The Balaban J connectivity index is 1.76. The second-order valence-electron chi connectivity index (χ2n) is 9.59. The Kier molecular flexibility index (Phi) is 5.25. The zero-order chi connectivity index (χ0) is 15.7. The lowest BCUT2D eigenvalue weighted by Gasteiger charge is -2.53. The Hall–Kier alpha value is 0. The van der Waals surface area contributed by atoms with E-state index in [1.807, 2.05) is 0 Å². The molecule has 0 aromatic heterocycles. The third-order valence-electron chi connectivity index (χ3n) is 8.03. The van der Waals surface area contributed by atoms with Crippen molar-refractivity contribution in [2.45, 2.75) is 98.3 Å². The van der Waals surface area contributed by atoms with Crippen LogP contribution in [-0.4, -0.2) is 0 Å². The summed E-state index contributed by atoms with van der Waals surface area (Å²) in [5.74, 6) is 6.41. The van der Waals surface area contributed by atoms with E-state index < -0.39 is 0 Å². The molecule has 22 heavy (non-hydrogen) atoms. The van der Waals surface area contributed by atoms with Crippen LogP contribution in [0.3, 0.4) is 0 Å². The van der Waals surface area contributed by atoms with Gasteiger partial charge in [0, 0.05) is 0 Å². The van der Waals surface area contributed by atoms with Gasteiger partial charge in [-0.15, -0.1) is 0 Å². The highest BCUT2D eigenvalue weighted by Crippen LogP contribution is 2.65. The van der Waals surface area contributed by atoms with Gasteiger partial charge in [0.2, 0.25) is 0 Å². The maximum atomic E-state index is 2.69. The molecule has 0 aromatic rings. The third-order valence-corrected chi connectivity index (χ3v) is 8.03. The predicted octanol–water partition coefficient (Wildman–Crippen LogP) is 7.08. The summed E-state index contributed by atoms with van der Waals surface area (Å²) in [6.45, 7) is 10.1. The molecule has 0 saturated heterocycles. The van der Waals surface area contributed by atoms with Crippen molar-refractivity contribution in [2.75, 3.05) is 0 Å². The summed E-state index contributed by atoms with van der Waals surface area (Å²) >= 11 is 0. The maximum absolute atomic E-state index is 2.69. The van der Waals surface area contributed by atoms with E-state index in [0.29, 0.717) is 5.41 Å².